The van der Waals surface area contributed by atoms with Crippen LogP contribution in [0.3, 0.4) is 0 Å². The summed E-state index contributed by atoms with van der Waals surface area (Å²) in [4.78, 5) is 24.7. The number of nitrogens with zero attached hydrogens (tertiary/aromatic N) is 3. The summed E-state index contributed by atoms with van der Waals surface area (Å²) in [7, 11) is 0. The van der Waals surface area contributed by atoms with Crippen molar-refractivity contribution in [3.63, 3.8) is 0 Å². The molecule has 0 radical (unpaired) electrons. The standard InChI is InChI=1S/C29H25N3O2S/c1-2-34-25-12-8-13-26-27(25)31-29(35-26)32(20-24-11-6-7-18-30-24)28(33)23-16-14-22(15-17-23)19-21-9-4-3-5-10-21/h3-18H,2,19-20H2,1H3. The van der Waals surface area contributed by atoms with Crippen LogP contribution in [0.4, 0.5) is 5.13 Å². The number of ether oxygens (including phenoxy) is 1. The van der Waals surface area contributed by atoms with Gasteiger partial charge in [-0.05, 0) is 60.9 Å². The molecule has 2 heterocycles. The Kier molecular flexibility index (Phi) is 6.82. The van der Waals surface area contributed by atoms with Crippen LogP contribution in [0.2, 0.25) is 0 Å². The first kappa shape index (κ1) is 22.7. The summed E-state index contributed by atoms with van der Waals surface area (Å²) in [5, 5.41) is 0.621. The van der Waals surface area contributed by atoms with E-state index in [1.807, 2.05) is 85.8 Å². The van der Waals surface area contributed by atoms with E-state index in [1.54, 1.807) is 11.1 Å². The molecule has 3 aromatic carbocycles. The molecule has 5 nitrogen and oxygen atoms in total. The van der Waals surface area contributed by atoms with Crippen LogP contribution in [0.15, 0.2) is 97.2 Å². The number of rotatable bonds is 8. The number of benzene rings is 3. The van der Waals surface area contributed by atoms with Crippen molar-refractivity contribution in [2.24, 2.45) is 0 Å². The molecule has 0 aliphatic heterocycles. The number of amides is 1. The summed E-state index contributed by atoms with van der Waals surface area (Å²) >= 11 is 1.48. The summed E-state index contributed by atoms with van der Waals surface area (Å²) < 4.78 is 6.74. The highest BCUT2D eigenvalue weighted by Gasteiger charge is 2.23. The summed E-state index contributed by atoms with van der Waals surface area (Å²) in [6.07, 6.45) is 2.56. The highest BCUT2D eigenvalue weighted by atomic mass is 32.1. The van der Waals surface area contributed by atoms with Crippen LogP contribution in [0.25, 0.3) is 10.2 Å². The number of carbonyl (C=O) groups excluding carboxylic acids is 1. The van der Waals surface area contributed by atoms with Crippen LogP contribution in [-0.4, -0.2) is 22.5 Å². The lowest BCUT2D eigenvalue weighted by Crippen LogP contribution is -2.30. The van der Waals surface area contributed by atoms with Gasteiger partial charge in [-0.3, -0.25) is 14.7 Å². The van der Waals surface area contributed by atoms with Crippen LogP contribution in [0, 0.1) is 0 Å². The average Bonchev–Trinajstić information content (AvgIpc) is 3.34. The topological polar surface area (TPSA) is 55.3 Å². The molecule has 0 fully saturated rings. The van der Waals surface area contributed by atoms with E-state index in [0.717, 1.165) is 33.6 Å². The van der Waals surface area contributed by atoms with Gasteiger partial charge in [0.1, 0.15) is 11.3 Å². The van der Waals surface area contributed by atoms with Crippen molar-refractivity contribution < 1.29 is 9.53 Å². The fourth-order valence-corrected chi connectivity index (χ4v) is 4.91. The SMILES string of the molecule is CCOc1cccc2sc(N(Cc3ccccn3)C(=O)c3ccc(Cc4ccccc4)cc3)nc12. The van der Waals surface area contributed by atoms with E-state index >= 15 is 0 Å². The van der Waals surface area contributed by atoms with E-state index in [4.69, 9.17) is 9.72 Å². The fraction of sp³-hybridized carbons (Fsp3) is 0.138. The van der Waals surface area contributed by atoms with Crippen LogP contribution in [-0.2, 0) is 13.0 Å². The van der Waals surface area contributed by atoms with E-state index in [0.29, 0.717) is 23.8 Å². The molecule has 0 saturated heterocycles. The Hall–Kier alpha value is -4.03. The summed E-state index contributed by atoms with van der Waals surface area (Å²) in [6.45, 7) is 2.83. The molecule has 35 heavy (non-hydrogen) atoms. The lowest BCUT2D eigenvalue weighted by molar-refractivity contribution is 0.0985. The van der Waals surface area contributed by atoms with Crippen molar-refractivity contribution in [2.45, 2.75) is 19.9 Å². The largest absolute Gasteiger partial charge is 0.492 e. The maximum absolute atomic E-state index is 13.7. The van der Waals surface area contributed by atoms with Crippen LogP contribution in [0.1, 0.15) is 34.1 Å². The van der Waals surface area contributed by atoms with Gasteiger partial charge in [0.2, 0.25) is 0 Å². The molecule has 0 aliphatic rings. The lowest BCUT2D eigenvalue weighted by Gasteiger charge is -2.20. The Morgan fingerprint density at radius 2 is 1.66 bits per heavy atom. The van der Waals surface area contributed by atoms with Crippen molar-refractivity contribution in [1.29, 1.82) is 0 Å². The molecular formula is C29H25N3O2S. The second-order valence-electron chi connectivity index (χ2n) is 8.10. The van der Waals surface area contributed by atoms with Crippen molar-refractivity contribution in [3.8, 4) is 5.75 Å². The van der Waals surface area contributed by atoms with Gasteiger partial charge >= 0.3 is 0 Å². The molecule has 0 aliphatic carbocycles. The molecule has 6 heteroatoms. The zero-order chi connectivity index (χ0) is 24.0. The van der Waals surface area contributed by atoms with E-state index < -0.39 is 0 Å². The van der Waals surface area contributed by atoms with E-state index in [1.165, 1.54) is 16.9 Å². The van der Waals surface area contributed by atoms with Crippen molar-refractivity contribution >= 4 is 32.6 Å². The molecule has 174 valence electrons. The zero-order valence-electron chi connectivity index (χ0n) is 19.4. The molecule has 1 amide bonds. The molecule has 5 rings (SSSR count). The monoisotopic (exact) mass is 479 g/mol. The van der Waals surface area contributed by atoms with Gasteiger partial charge in [-0.25, -0.2) is 4.98 Å². The van der Waals surface area contributed by atoms with E-state index in [-0.39, 0.29) is 5.91 Å². The molecular weight excluding hydrogens is 454 g/mol. The first-order valence-corrected chi connectivity index (χ1v) is 12.4. The smallest absolute Gasteiger partial charge is 0.260 e. The number of aromatic nitrogens is 2. The first-order chi connectivity index (χ1) is 17.2. The Morgan fingerprint density at radius 3 is 2.40 bits per heavy atom. The highest BCUT2D eigenvalue weighted by molar-refractivity contribution is 7.22. The fourth-order valence-electron chi connectivity index (χ4n) is 3.93. The number of anilines is 1. The van der Waals surface area contributed by atoms with E-state index in [2.05, 4.69) is 17.1 Å². The molecule has 0 unspecified atom stereocenters. The summed E-state index contributed by atoms with van der Waals surface area (Å²) in [5.74, 6) is 0.613. The Labute approximate surface area is 208 Å². The third-order valence-electron chi connectivity index (χ3n) is 5.64. The van der Waals surface area contributed by atoms with Gasteiger partial charge in [0.15, 0.2) is 5.13 Å². The zero-order valence-corrected chi connectivity index (χ0v) is 20.2. The minimum absolute atomic E-state index is 0.112. The third kappa shape index (κ3) is 5.23. The van der Waals surface area contributed by atoms with Gasteiger partial charge in [0.05, 0.1) is 23.5 Å². The van der Waals surface area contributed by atoms with Crippen LogP contribution in [0.5, 0.6) is 5.75 Å². The minimum atomic E-state index is -0.112. The number of hydrogen-bond acceptors (Lipinski definition) is 5. The highest BCUT2D eigenvalue weighted by Crippen LogP contribution is 2.35. The molecule has 0 spiro atoms. The van der Waals surface area contributed by atoms with Gasteiger partial charge in [0, 0.05) is 11.8 Å². The number of carbonyl (C=O) groups is 1. The van der Waals surface area contributed by atoms with Gasteiger partial charge in [-0.2, -0.15) is 0 Å². The maximum atomic E-state index is 13.7. The van der Waals surface area contributed by atoms with Crippen molar-refractivity contribution in [3.05, 3.63) is 120 Å². The predicted octanol–water partition coefficient (Wildman–Crippen LogP) is 6.53. The minimum Gasteiger partial charge on any atom is -0.492 e. The Balaban J connectivity index is 1.47. The quantitative estimate of drug-likeness (QED) is 0.254. The maximum Gasteiger partial charge on any atom is 0.260 e. The second kappa shape index (κ2) is 10.5. The molecule has 0 atom stereocenters. The summed E-state index contributed by atoms with van der Waals surface area (Å²) in [6, 6.07) is 29.7. The normalized spacial score (nSPS) is 10.9. The number of pyridine rings is 1. The predicted molar refractivity (Wildman–Crippen MR) is 141 cm³/mol. The second-order valence-corrected chi connectivity index (χ2v) is 9.11. The van der Waals surface area contributed by atoms with Gasteiger partial charge in [-0.15, -0.1) is 0 Å². The number of para-hydroxylation sites is 1. The van der Waals surface area contributed by atoms with Crippen LogP contribution < -0.4 is 9.64 Å². The Morgan fingerprint density at radius 1 is 0.886 bits per heavy atom. The summed E-state index contributed by atoms with van der Waals surface area (Å²) in [5.41, 5.74) is 4.58. The molecule has 0 bridgehead atoms. The van der Waals surface area contributed by atoms with Gasteiger partial charge < -0.3 is 4.74 Å². The molecule has 2 aromatic heterocycles. The Bertz CT molecular complexity index is 1420. The number of fused-ring (bicyclic) bond motifs is 1. The number of hydrogen-bond donors (Lipinski definition) is 0. The van der Waals surface area contributed by atoms with E-state index in [9.17, 15) is 4.79 Å². The van der Waals surface area contributed by atoms with Crippen LogP contribution >= 0.6 is 11.3 Å². The van der Waals surface area contributed by atoms with Gasteiger partial charge in [-0.1, -0.05) is 65.9 Å². The van der Waals surface area contributed by atoms with Crippen molar-refractivity contribution in [2.75, 3.05) is 11.5 Å². The molecule has 0 saturated carbocycles. The first-order valence-electron chi connectivity index (χ1n) is 11.6. The number of thiazole rings is 1. The third-order valence-corrected chi connectivity index (χ3v) is 6.69. The molecule has 0 N–H and O–H groups in total. The average molecular weight is 480 g/mol. The lowest BCUT2D eigenvalue weighted by atomic mass is 10.0. The molecule has 5 aromatic rings. The van der Waals surface area contributed by atoms with Crippen molar-refractivity contribution in [1.82, 2.24) is 9.97 Å². The van der Waals surface area contributed by atoms with Gasteiger partial charge in [0.25, 0.3) is 5.91 Å².